The van der Waals surface area contributed by atoms with Crippen LogP contribution in [0.3, 0.4) is 0 Å². The summed E-state index contributed by atoms with van der Waals surface area (Å²) >= 11 is 0. The number of hydrogen-bond donors (Lipinski definition) is 1. The first-order valence-corrected chi connectivity index (χ1v) is 12.2. The van der Waals surface area contributed by atoms with Gasteiger partial charge in [-0.3, -0.25) is 14.5 Å². The molecule has 6 rings (SSSR count). The van der Waals surface area contributed by atoms with Gasteiger partial charge in [-0.1, -0.05) is 42.0 Å². The number of nitrogens with one attached hydrogen (secondary N) is 1. The summed E-state index contributed by atoms with van der Waals surface area (Å²) in [7, 11) is 0. The van der Waals surface area contributed by atoms with E-state index >= 15 is 0 Å². The van der Waals surface area contributed by atoms with Crippen LogP contribution in [0.15, 0.2) is 72.8 Å². The Hall–Kier alpha value is -4.72. The molecule has 0 bridgehead atoms. The van der Waals surface area contributed by atoms with Crippen molar-refractivity contribution in [3.05, 3.63) is 89.6 Å². The molecule has 1 N–H and O–H groups in total. The lowest BCUT2D eigenvalue weighted by molar-refractivity contribution is -0.114. The average molecular weight is 491 g/mol. The van der Waals surface area contributed by atoms with E-state index in [1.54, 1.807) is 21.7 Å². The Morgan fingerprint density at radius 3 is 2.35 bits per heavy atom. The summed E-state index contributed by atoms with van der Waals surface area (Å²) in [4.78, 5) is 31.9. The van der Waals surface area contributed by atoms with Crippen molar-refractivity contribution >= 4 is 34.6 Å². The van der Waals surface area contributed by atoms with E-state index < -0.39 is 0 Å². The zero-order chi connectivity index (χ0) is 25.7. The van der Waals surface area contributed by atoms with Crippen LogP contribution in [0.2, 0.25) is 0 Å². The largest absolute Gasteiger partial charge is 0.310 e. The molecule has 2 amide bonds. The number of benzene rings is 3. The SMILES string of the molecule is CC(=O)Nc1c(-c2ccc(C)cc2)c(C)nn1-c1ccc(C(=O)N2CCn3c2nc2ccccc23)cc1. The van der Waals surface area contributed by atoms with Gasteiger partial charge in [-0.25, -0.2) is 9.67 Å². The Kier molecular flexibility index (Phi) is 5.37. The van der Waals surface area contributed by atoms with E-state index in [9.17, 15) is 9.59 Å². The summed E-state index contributed by atoms with van der Waals surface area (Å²) in [6, 6.07) is 23.3. The second kappa shape index (κ2) is 8.74. The Bertz CT molecular complexity index is 1660. The summed E-state index contributed by atoms with van der Waals surface area (Å²) in [6.07, 6.45) is 0. The Labute approximate surface area is 214 Å². The van der Waals surface area contributed by atoms with Crippen LogP contribution in [0.5, 0.6) is 0 Å². The Morgan fingerprint density at radius 1 is 0.892 bits per heavy atom. The molecule has 1 aliphatic heterocycles. The topological polar surface area (TPSA) is 85.0 Å². The van der Waals surface area contributed by atoms with Gasteiger partial charge in [-0.15, -0.1) is 0 Å². The molecule has 8 heteroatoms. The Morgan fingerprint density at radius 2 is 1.62 bits per heavy atom. The lowest BCUT2D eigenvalue weighted by Crippen LogP contribution is -2.29. The van der Waals surface area contributed by atoms with Gasteiger partial charge in [-0.2, -0.15) is 5.10 Å². The number of nitrogens with zero attached hydrogens (tertiary/aromatic N) is 5. The van der Waals surface area contributed by atoms with Gasteiger partial charge in [0, 0.05) is 31.1 Å². The highest BCUT2D eigenvalue weighted by Crippen LogP contribution is 2.34. The van der Waals surface area contributed by atoms with E-state index in [0.29, 0.717) is 30.4 Å². The molecule has 0 saturated carbocycles. The normalized spacial score (nSPS) is 12.7. The summed E-state index contributed by atoms with van der Waals surface area (Å²) in [6.45, 7) is 6.74. The van der Waals surface area contributed by atoms with Gasteiger partial charge >= 0.3 is 0 Å². The van der Waals surface area contributed by atoms with Crippen molar-refractivity contribution in [2.45, 2.75) is 27.3 Å². The highest BCUT2D eigenvalue weighted by Gasteiger charge is 2.29. The number of carbonyl (C=O) groups excluding carboxylic acids is 2. The van der Waals surface area contributed by atoms with Crippen molar-refractivity contribution in [3.63, 3.8) is 0 Å². The number of rotatable bonds is 4. The summed E-state index contributed by atoms with van der Waals surface area (Å²) in [5.41, 5.74) is 7.02. The average Bonchev–Trinajstić information content (AvgIpc) is 3.56. The molecule has 0 saturated heterocycles. The van der Waals surface area contributed by atoms with Crippen molar-refractivity contribution in [2.24, 2.45) is 0 Å². The van der Waals surface area contributed by atoms with Crippen LogP contribution in [-0.4, -0.2) is 37.7 Å². The third-order valence-corrected chi connectivity index (χ3v) is 6.72. The maximum absolute atomic E-state index is 13.4. The van der Waals surface area contributed by atoms with Crippen LogP contribution < -0.4 is 10.2 Å². The minimum absolute atomic E-state index is 0.0975. The molecular weight excluding hydrogens is 464 g/mol. The number of para-hydroxylation sites is 2. The monoisotopic (exact) mass is 490 g/mol. The second-order valence-corrected chi connectivity index (χ2v) is 9.32. The number of carbonyl (C=O) groups is 2. The molecular formula is C29H26N6O2. The molecule has 0 atom stereocenters. The first-order valence-electron chi connectivity index (χ1n) is 12.2. The number of imidazole rings is 1. The van der Waals surface area contributed by atoms with Crippen LogP contribution in [0, 0.1) is 13.8 Å². The van der Waals surface area contributed by atoms with Gasteiger partial charge in [-0.05, 0) is 55.8 Å². The summed E-state index contributed by atoms with van der Waals surface area (Å²) in [5.74, 6) is 0.993. The van der Waals surface area contributed by atoms with E-state index in [-0.39, 0.29) is 11.8 Å². The van der Waals surface area contributed by atoms with Gasteiger partial charge in [0.1, 0.15) is 5.82 Å². The zero-order valence-electron chi connectivity index (χ0n) is 20.9. The van der Waals surface area contributed by atoms with Gasteiger partial charge in [0.25, 0.3) is 5.91 Å². The van der Waals surface area contributed by atoms with Crippen molar-refractivity contribution in [1.82, 2.24) is 19.3 Å². The minimum Gasteiger partial charge on any atom is -0.310 e. The second-order valence-electron chi connectivity index (χ2n) is 9.32. The number of fused-ring (bicyclic) bond motifs is 3. The molecule has 2 aromatic heterocycles. The molecule has 8 nitrogen and oxygen atoms in total. The van der Waals surface area contributed by atoms with E-state index in [0.717, 1.165) is 39.1 Å². The molecule has 0 spiro atoms. The smallest absolute Gasteiger partial charge is 0.260 e. The predicted octanol–water partition coefficient (Wildman–Crippen LogP) is 5.12. The van der Waals surface area contributed by atoms with Crippen molar-refractivity contribution in [2.75, 3.05) is 16.8 Å². The molecule has 0 unspecified atom stereocenters. The van der Waals surface area contributed by atoms with Crippen LogP contribution in [-0.2, 0) is 11.3 Å². The zero-order valence-corrected chi connectivity index (χ0v) is 20.9. The number of anilines is 2. The van der Waals surface area contributed by atoms with E-state index in [1.807, 2.05) is 74.5 Å². The number of aryl methyl sites for hydroxylation is 2. The van der Waals surface area contributed by atoms with E-state index in [2.05, 4.69) is 14.9 Å². The molecule has 5 aromatic rings. The van der Waals surface area contributed by atoms with Crippen LogP contribution >= 0.6 is 0 Å². The van der Waals surface area contributed by atoms with Crippen LogP contribution in [0.1, 0.15) is 28.5 Å². The molecule has 3 aromatic carbocycles. The van der Waals surface area contributed by atoms with E-state index in [4.69, 9.17) is 5.10 Å². The highest BCUT2D eigenvalue weighted by atomic mass is 16.2. The molecule has 0 aliphatic carbocycles. The molecule has 37 heavy (non-hydrogen) atoms. The van der Waals surface area contributed by atoms with Gasteiger partial charge in [0.05, 0.1) is 22.4 Å². The third kappa shape index (κ3) is 3.87. The van der Waals surface area contributed by atoms with Crippen LogP contribution in [0.25, 0.3) is 27.8 Å². The maximum Gasteiger partial charge on any atom is 0.260 e. The molecule has 0 radical (unpaired) electrons. The lowest BCUT2D eigenvalue weighted by Gasteiger charge is -2.15. The van der Waals surface area contributed by atoms with Crippen molar-refractivity contribution < 1.29 is 9.59 Å². The van der Waals surface area contributed by atoms with Crippen LogP contribution in [0.4, 0.5) is 11.8 Å². The van der Waals surface area contributed by atoms with E-state index in [1.165, 1.54) is 6.92 Å². The lowest BCUT2D eigenvalue weighted by atomic mass is 10.0. The summed E-state index contributed by atoms with van der Waals surface area (Å²) < 4.78 is 3.80. The van der Waals surface area contributed by atoms with Gasteiger partial charge in [0.15, 0.2) is 0 Å². The predicted molar refractivity (Wildman–Crippen MR) is 144 cm³/mol. The molecule has 1 aliphatic rings. The first-order chi connectivity index (χ1) is 17.9. The van der Waals surface area contributed by atoms with Gasteiger partial charge < -0.3 is 9.88 Å². The molecule has 0 fully saturated rings. The maximum atomic E-state index is 13.4. The first kappa shape index (κ1) is 22.7. The fraction of sp³-hybridized carbons (Fsp3) is 0.172. The number of hydrogen-bond acceptors (Lipinski definition) is 4. The third-order valence-electron chi connectivity index (χ3n) is 6.72. The standard InChI is InChI=1S/C29H26N6O2/c1-18-8-10-21(11-9-18)26-19(2)32-35(27(26)30-20(3)36)23-14-12-22(13-15-23)28(37)34-17-16-33-25-7-5-4-6-24(25)31-29(33)34/h4-15H,16-17H2,1-3H3,(H,30,36). The quantitative estimate of drug-likeness (QED) is 0.379. The van der Waals surface area contributed by atoms with Crippen molar-refractivity contribution in [1.29, 1.82) is 0 Å². The molecule has 3 heterocycles. The fourth-order valence-corrected chi connectivity index (χ4v) is 4.94. The fourth-order valence-electron chi connectivity index (χ4n) is 4.94. The highest BCUT2D eigenvalue weighted by molar-refractivity contribution is 6.06. The summed E-state index contributed by atoms with van der Waals surface area (Å²) in [5, 5.41) is 7.69. The number of amides is 2. The van der Waals surface area contributed by atoms with Crippen molar-refractivity contribution in [3.8, 4) is 16.8 Å². The minimum atomic E-state index is -0.182. The number of aromatic nitrogens is 4. The Balaban J connectivity index is 1.34. The molecule has 184 valence electrons. The van der Waals surface area contributed by atoms with Gasteiger partial charge in [0.2, 0.25) is 11.9 Å².